The van der Waals surface area contributed by atoms with Gasteiger partial charge in [-0.15, -0.1) is 0 Å². The van der Waals surface area contributed by atoms with E-state index in [0.717, 1.165) is 17.0 Å². The molecule has 0 atom stereocenters. The van der Waals surface area contributed by atoms with Gasteiger partial charge in [-0.2, -0.15) is 0 Å². The van der Waals surface area contributed by atoms with Gasteiger partial charge in [0.25, 0.3) is 0 Å². The molecule has 0 saturated heterocycles. The Hall–Kier alpha value is -0.980. The van der Waals surface area contributed by atoms with Crippen LogP contribution >= 0.6 is 0 Å². The topological polar surface area (TPSA) is 20.2 Å². The molecule has 1 saturated carbocycles. The normalized spacial score (nSPS) is 23.6. The zero-order valence-corrected chi connectivity index (χ0v) is 14.7. The lowest BCUT2D eigenvalue weighted by atomic mass is 9.76. The van der Waals surface area contributed by atoms with E-state index < -0.39 is 0 Å². The molecule has 0 unspecified atom stereocenters. The Bertz CT molecular complexity index is 485. The van der Waals surface area contributed by atoms with Crippen molar-refractivity contribution in [3.8, 4) is 5.75 Å². The highest BCUT2D eigenvalue weighted by Gasteiger charge is 2.26. The van der Waals surface area contributed by atoms with E-state index in [1.807, 2.05) is 0 Å². The molecule has 0 spiro atoms. The molecule has 0 radical (unpaired) electrons. The Morgan fingerprint density at radius 3 is 2.10 bits per heavy atom. The molecule has 0 bridgehead atoms. The Labute approximate surface area is 130 Å². The van der Waals surface area contributed by atoms with Crippen LogP contribution in [0.15, 0.2) is 12.1 Å². The van der Waals surface area contributed by atoms with Crippen molar-refractivity contribution >= 4 is 0 Å². The van der Waals surface area contributed by atoms with E-state index in [-0.39, 0.29) is 5.41 Å². The van der Waals surface area contributed by atoms with Gasteiger partial charge in [-0.05, 0) is 52.7 Å². The van der Waals surface area contributed by atoms with Crippen molar-refractivity contribution in [2.75, 3.05) is 0 Å². The lowest BCUT2D eigenvalue weighted by Crippen LogP contribution is -2.16. The maximum Gasteiger partial charge on any atom is 0.122 e. The number of aromatic hydroxyl groups is 1. The van der Waals surface area contributed by atoms with E-state index in [4.69, 9.17) is 0 Å². The molecule has 21 heavy (non-hydrogen) atoms. The summed E-state index contributed by atoms with van der Waals surface area (Å²) in [7, 11) is 0. The van der Waals surface area contributed by atoms with E-state index >= 15 is 0 Å². The average Bonchev–Trinajstić information content (AvgIpc) is 2.38. The van der Waals surface area contributed by atoms with Crippen LogP contribution in [0.3, 0.4) is 0 Å². The molecule has 1 aliphatic rings. The van der Waals surface area contributed by atoms with E-state index in [0.29, 0.717) is 17.6 Å². The Balaban J connectivity index is 2.44. The van der Waals surface area contributed by atoms with E-state index in [2.05, 4.69) is 53.7 Å². The van der Waals surface area contributed by atoms with Crippen LogP contribution in [0.4, 0.5) is 0 Å². The lowest BCUT2D eigenvalue weighted by molar-refractivity contribution is 0.347. The second kappa shape index (κ2) is 6.02. The third kappa shape index (κ3) is 3.62. The first-order valence-corrected chi connectivity index (χ1v) is 8.57. The standard InChI is InChI=1S/C20H32O/c1-13(2)17-11-16(15-9-7-14(3)8-10-15)12-18(19(17)21)20(4,5)6/h11-15,21H,7-10H2,1-6H3. The first-order chi connectivity index (χ1) is 9.70. The van der Waals surface area contributed by atoms with Gasteiger partial charge in [0.1, 0.15) is 5.75 Å². The van der Waals surface area contributed by atoms with Crippen molar-refractivity contribution < 1.29 is 5.11 Å². The maximum atomic E-state index is 10.7. The van der Waals surface area contributed by atoms with Gasteiger partial charge < -0.3 is 5.11 Å². The summed E-state index contributed by atoms with van der Waals surface area (Å²) in [6.07, 6.45) is 5.28. The van der Waals surface area contributed by atoms with Crippen LogP contribution in [0.25, 0.3) is 0 Å². The van der Waals surface area contributed by atoms with Gasteiger partial charge in [-0.25, -0.2) is 0 Å². The zero-order valence-electron chi connectivity index (χ0n) is 14.7. The minimum atomic E-state index is -0.00824. The van der Waals surface area contributed by atoms with Crippen LogP contribution in [0.1, 0.15) is 95.8 Å². The smallest absolute Gasteiger partial charge is 0.122 e. The molecule has 0 heterocycles. The fourth-order valence-electron chi connectivity index (χ4n) is 3.52. The van der Waals surface area contributed by atoms with Crippen molar-refractivity contribution in [3.05, 3.63) is 28.8 Å². The molecule has 1 aromatic carbocycles. The summed E-state index contributed by atoms with van der Waals surface area (Å²) in [5.74, 6) is 2.45. The summed E-state index contributed by atoms with van der Waals surface area (Å²) in [6, 6.07) is 4.55. The van der Waals surface area contributed by atoms with Gasteiger partial charge in [0.2, 0.25) is 0 Å². The van der Waals surface area contributed by atoms with Crippen LogP contribution < -0.4 is 0 Å². The SMILES string of the molecule is CC1CCC(c2cc(C(C)C)c(O)c(C(C)(C)C)c2)CC1. The van der Waals surface area contributed by atoms with Crippen molar-refractivity contribution in [2.24, 2.45) is 5.92 Å². The van der Waals surface area contributed by atoms with Gasteiger partial charge in [0.05, 0.1) is 0 Å². The van der Waals surface area contributed by atoms with Crippen LogP contribution in [-0.2, 0) is 5.41 Å². The highest BCUT2D eigenvalue weighted by Crippen LogP contribution is 2.42. The third-order valence-corrected chi connectivity index (χ3v) is 5.08. The Kier molecular flexibility index (Phi) is 4.70. The van der Waals surface area contributed by atoms with Crippen LogP contribution in [0, 0.1) is 5.92 Å². The van der Waals surface area contributed by atoms with Crippen LogP contribution in [0.2, 0.25) is 0 Å². The summed E-state index contributed by atoms with van der Waals surface area (Å²) in [5.41, 5.74) is 3.68. The molecule has 1 aliphatic carbocycles. The van der Waals surface area contributed by atoms with Crippen LogP contribution in [-0.4, -0.2) is 5.11 Å². The Morgan fingerprint density at radius 1 is 1.05 bits per heavy atom. The maximum absolute atomic E-state index is 10.7. The van der Waals surface area contributed by atoms with Crippen LogP contribution in [0.5, 0.6) is 5.75 Å². The second-order valence-corrected chi connectivity index (χ2v) is 8.37. The highest BCUT2D eigenvalue weighted by molar-refractivity contribution is 5.49. The summed E-state index contributed by atoms with van der Waals surface area (Å²) in [4.78, 5) is 0. The van der Waals surface area contributed by atoms with Gasteiger partial charge in [0, 0.05) is 0 Å². The second-order valence-electron chi connectivity index (χ2n) is 8.37. The quantitative estimate of drug-likeness (QED) is 0.696. The third-order valence-electron chi connectivity index (χ3n) is 5.08. The predicted octanol–water partition coefficient (Wildman–Crippen LogP) is 6.11. The minimum Gasteiger partial charge on any atom is -0.507 e. The number of rotatable bonds is 2. The molecule has 0 aromatic heterocycles. The van der Waals surface area contributed by atoms with Gasteiger partial charge in [-0.1, -0.05) is 66.5 Å². The summed E-state index contributed by atoms with van der Waals surface area (Å²) < 4.78 is 0. The molecule has 118 valence electrons. The first kappa shape index (κ1) is 16.4. The van der Waals surface area contributed by atoms with Crippen molar-refractivity contribution in [1.82, 2.24) is 0 Å². The van der Waals surface area contributed by atoms with Crippen molar-refractivity contribution in [2.45, 2.75) is 84.5 Å². The highest BCUT2D eigenvalue weighted by atomic mass is 16.3. The molecular formula is C20H32O. The lowest BCUT2D eigenvalue weighted by Gasteiger charge is -2.30. The molecular weight excluding hydrogens is 256 g/mol. The molecule has 0 aliphatic heterocycles. The number of benzene rings is 1. The summed E-state index contributed by atoms with van der Waals surface area (Å²) in [6.45, 7) is 13.3. The molecule has 1 N–H and O–H groups in total. The van der Waals surface area contributed by atoms with E-state index in [1.165, 1.54) is 31.2 Å². The monoisotopic (exact) mass is 288 g/mol. The predicted molar refractivity (Wildman–Crippen MR) is 91.3 cm³/mol. The molecule has 2 rings (SSSR count). The zero-order chi connectivity index (χ0) is 15.8. The van der Waals surface area contributed by atoms with E-state index in [1.54, 1.807) is 0 Å². The van der Waals surface area contributed by atoms with Gasteiger partial charge in [-0.3, -0.25) is 0 Å². The van der Waals surface area contributed by atoms with Gasteiger partial charge >= 0.3 is 0 Å². The largest absolute Gasteiger partial charge is 0.507 e. The molecule has 1 nitrogen and oxygen atoms in total. The van der Waals surface area contributed by atoms with Crippen molar-refractivity contribution in [3.63, 3.8) is 0 Å². The molecule has 1 heteroatoms. The molecule has 1 aromatic rings. The minimum absolute atomic E-state index is 0.00824. The fourth-order valence-corrected chi connectivity index (χ4v) is 3.52. The number of hydrogen-bond donors (Lipinski definition) is 1. The van der Waals surface area contributed by atoms with Gasteiger partial charge in [0.15, 0.2) is 0 Å². The Morgan fingerprint density at radius 2 is 1.62 bits per heavy atom. The molecule has 1 fully saturated rings. The first-order valence-electron chi connectivity index (χ1n) is 8.57. The molecule has 0 amide bonds. The average molecular weight is 288 g/mol. The van der Waals surface area contributed by atoms with E-state index in [9.17, 15) is 5.11 Å². The number of hydrogen-bond acceptors (Lipinski definition) is 1. The number of phenolic OH excluding ortho intramolecular Hbond substituents is 1. The summed E-state index contributed by atoms with van der Waals surface area (Å²) >= 11 is 0. The van der Waals surface area contributed by atoms with Crippen molar-refractivity contribution in [1.29, 1.82) is 0 Å². The fraction of sp³-hybridized carbons (Fsp3) is 0.700. The summed E-state index contributed by atoms with van der Waals surface area (Å²) in [5, 5.41) is 10.7. The number of phenols is 1.